The number of carboxylic acid groups (broad SMARTS) is 1. The van der Waals surface area contributed by atoms with E-state index in [0.717, 1.165) is 61.7 Å². The number of anilines is 2. The second kappa shape index (κ2) is 11.0. The number of hydrogen-bond acceptors (Lipinski definition) is 5. The highest BCUT2D eigenvalue weighted by atomic mass is 35.5. The molecular formula is C28H28Cl2N4O3. The number of amides is 1. The summed E-state index contributed by atoms with van der Waals surface area (Å²) in [6, 6.07) is 15.8. The highest BCUT2D eigenvalue weighted by Crippen LogP contribution is 2.29. The summed E-state index contributed by atoms with van der Waals surface area (Å²) in [6.45, 7) is 2.90. The van der Waals surface area contributed by atoms with Crippen molar-refractivity contribution >= 4 is 46.6 Å². The predicted molar refractivity (Wildman–Crippen MR) is 146 cm³/mol. The third kappa shape index (κ3) is 5.84. The van der Waals surface area contributed by atoms with E-state index in [9.17, 15) is 14.7 Å². The number of rotatable bonds is 8. The van der Waals surface area contributed by atoms with E-state index in [2.05, 4.69) is 27.7 Å². The Morgan fingerprint density at radius 1 is 1.08 bits per heavy atom. The van der Waals surface area contributed by atoms with E-state index in [0.29, 0.717) is 5.92 Å². The van der Waals surface area contributed by atoms with Crippen molar-refractivity contribution in [3.63, 3.8) is 0 Å². The van der Waals surface area contributed by atoms with Gasteiger partial charge in [-0.2, -0.15) is 0 Å². The largest absolute Gasteiger partial charge is 0.480 e. The predicted octanol–water partition coefficient (Wildman–Crippen LogP) is 4.85. The summed E-state index contributed by atoms with van der Waals surface area (Å²) < 4.78 is 0. The maximum atomic E-state index is 12.7. The second-order valence-electron chi connectivity index (χ2n) is 9.65. The molecule has 3 N–H and O–H groups in total. The number of hydrogen-bond donors (Lipinski definition) is 3. The minimum absolute atomic E-state index is 0.0709. The molecule has 0 radical (unpaired) electrons. The van der Waals surface area contributed by atoms with Crippen molar-refractivity contribution in [1.82, 2.24) is 10.3 Å². The Balaban J connectivity index is 1.15. The fourth-order valence-corrected chi connectivity index (χ4v) is 5.48. The van der Waals surface area contributed by atoms with Crippen molar-refractivity contribution in [3.05, 3.63) is 87.0 Å². The maximum Gasteiger partial charge on any atom is 0.326 e. The van der Waals surface area contributed by atoms with Gasteiger partial charge >= 0.3 is 5.97 Å². The number of aliphatic carboxylic acids is 1. The number of aromatic nitrogens is 1. The lowest BCUT2D eigenvalue weighted by Gasteiger charge is -2.41. The standard InChI is InChI=1S/C28H28Cl2N4O3/c29-22-4-1-5-23(30)25(22)27(35)33-24(28(36)37)14-17-6-10-21(11-7-17)34-15-18(16-34)13-20-9-8-19-3-2-12-31-26(19)32-20/h1,4-11,18,24H,2-3,12-16H2,(H,31,32)(H,33,35)(H,36,37). The molecule has 0 spiro atoms. The van der Waals surface area contributed by atoms with E-state index in [4.69, 9.17) is 28.2 Å². The van der Waals surface area contributed by atoms with Crippen LogP contribution in [0.4, 0.5) is 11.5 Å². The third-order valence-corrected chi connectivity index (χ3v) is 7.57. The molecule has 2 aliphatic rings. The van der Waals surface area contributed by atoms with Crippen LogP contribution in [0.3, 0.4) is 0 Å². The third-order valence-electron chi connectivity index (χ3n) is 6.94. The zero-order valence-electron chi connectivity index (χ0n) is 20.2. The zero-order chi connectivity index (χ0) is 25.9. The first kappa shape index (κ1) is 25.4. The van der Waals surface area contributed by atoms with Crippen molar-refractivity contribution in [2.24, 2.45) is 5.92 Å². The van der Waals surface area contributed by atoms with E-state index in [1.165, 1.54) is 17.7 Å². The Bertz CT molecular complexity index is 1290. The van der Waals surface area contributed by atoms with Crippen LogP contribution in [0.1, 0.15) is 33.6 Å². The number of carbonyl (C=O) groups is 2. The molecule has 2 aromatic carbocycles. The summed E-state index contributed by atoms with van der Waals surface area (Å²) in [5, 5.41) is 16.0. The van der Waals surface area contributed by atoms with Crippen LogP contribution in [-0.2, 0) is 24.1 Å². The highest BCUT2D eigenvalue weighted by Gasteiger charge is 2.28. The summed E-state index contributed by atoms with van der Waals surface area (Å²) in [4.78, 5) is 31.6. The lowest BCUT2D eigenvalue weighted by molar-refractivity contribution is -0.139. The van der Waals surface area contributed by atoms with E-state index < -0.39 is 17.9 Å². The van der Waals surface area contributed by atoms with Crippen LogP contribution in [0, 0.1) is 5.92 Å². The van der Waals surface area contributed by atoms with Crippen molar-refractivity contribution in [1.29, 1.82) is 0 Å². The van der Waals surface area contributed by atoms with Crippen LogP contribution in [0.2, 0.25) is 10.0 Å². The van der Waals surface area contributed by atoms with Crippen LogP contribution < -0.4 is 15.5 Å². The quantitative estimate of drug-likeness (QED) is 0.379. The number of halogens is 2. The molecule has 1 amide bonds. The van der Waals surface area contributed by atoms with E-state index >= 15 is 0 Å². The van der Waals surface area contributed by atoms with Crippen molar-refractivity contribution in [3.8, 4) is 0 Å². The molecule has 1 fully saturated rings. The minimum Gasteiger partial charge on any atom is -0.480 e. The Hall–Kier alpha value is -3.29. The summed E-state index contributed by atoms with van der Waals surface area (Å²) >= 11 is 12.2. The summed E-state index contributed by atoms with van der Waals surface area (Å²) in [5.74, 6) is -0.147. The smallest absolute Gasteiger partial charge is 0.326 e. The van der Waals surface area contributed by atoms with Gasteiger partial charge in [0.2, 0.25) is 0 Å². The molecule has 2 aliphatic heterocycles. The Morgan fingerprint density at radius 3 is 2.51 bits per heavy atom. The normalized spacial score (nSPS) is 15.8. The number of nitrogens with one attached hydrogen (secondary N) is 2. The number of nitrogens with zero attached hydrogens (tertiary/aromatic N) is 2. The van der Waals surface area contributed by atoms with Crippen LogP contribution in [0.5, 0.6) is 0 Å². The average Bonchev–Trinajstić information content (AvgIpc) is 2.86. The van der Waals surface area contributed by atoms with Gasteiger partial charge < -0.3 is 20.6 Å². The van der Waals surface area contributed by atoms with Gasteiger partial charge in [-0.1, -0.05) is 47.5 Å². The zero-order valence-corrected chi connectivity index (χ0v) is 21.7. The SMILES string of the molecule is O=C(NC(Cc1ccc(N2CC(Cc3ccc4c(n3)NCCC4)C2)cc1)C(=O)O)c1c(Cl)cccc1Cl. The lowest BCUT2D eigenvalue weighted by Crippen LogP contribution is -2.47. The summed E-state index contributed by atoms with van der Waals surface area (Å²) in [7, 11) is 0. The van der Waals surface area contributed by atoms with Gasteiger partial charge in [0.1, 0.15) is 11.9 Å². The molecule has 1 unspecified atom stereocenters. The maximum absolute atomic E-state index is 12.7. The van der Waals surface area contributed by atoms with Crippen LogP contribution in [0.15, 0.2) is 54.6 Å². The Morgan fingerprint density at radius 2 is 1.81 bits per heavy atom. The van der Waals surface area contributed by atoms with Gasteiger partial charge in [-0.05, 0) is 66.6 Å². The van der Waals surface area contributed by atoms with Crippen molar-refractivity contribution < 1.29 is 14.7 Å². The number of pyridine rings is 1. The van der Waals surface area contributed by atoms with Gasteiger partial charge in [-0.3, -0.25) is 4.79 Å². The van der Waals surface area contributed by atoms with E-state index in [-0.39, 0.29) is 22.0 Å². The molecule has 37 heavy (non-hydrogen) atoms. The molecule has 3 aromatic rings. The number of fused-ring (bicyclic) bond motifs is 1. The lowest BCUT2D eigenvalue weighted by atomic mass is 9.93. The van der Waals surface area contributed by atoms with Crippen molar-refractivity contribution in [2.45, 2.75) is 31.7 Å². The number of carbonyl (C=O) groups excluding carboxylic acids is 1. The average molecular weight is 539 g/mol. The molecule has 3 heterocycles. The number of carboxylic acids is 1. The van der Waals surface area contributed by atoms with E-state index in [1.807, 2.05) is 24.3 Å². The molecular weight excluding hydrogens is 511 g/mol. The molecule has 7 nitrogen and oxygen atoms in total. The number of benzene rings is 2. The molecule has 9 heteroatoms. The molecule has 1 saturated heterocycles. The first-order valence-electron chi connectivity index (χ1n) is 12.4. The fourth-order valence-electron chi connectivity index (χ4n) is 4.91. The number of aryl methyl sites for hydroxylation is 1. The molecule has 0 saturated carbocycles. The van der Waals surface area contributed by atoms with Gasteiger partial charge in [-0.25, -0.2) is 9.78 Å². The monoisotopic (exact) mass is 538 g/mol. The molecule has 0 bridgehead atoms. The molecule has 1 aromatic heterocycles. The van der Waals surface area contributed by atoms with Gasteiger partial charge in [0, 0.05) is 37.4 Å². The summed E-state index contributed by atoms with van der Waals surface area (Å²) in [6.07, 6.45) is 3.36. The van der Waals surface area contributed by atoms with Crippen LogP contribution in [0.25, 0.3) is 0 Å². The van der Waals surface area contributed by atoms with Gasteiger partial charge in [-0.15, -0.1) is 0 Å². The molecule has 0 aliphatic carbocycles. The fraction of sp³-hybridized carbons (Fsp3) is 0.321. The van der Waals surface area contributed by atoms with Gasteiger partial charge in [0.05, 0.1) is 15.6 Å². The van der Waals surface area contributed by atoms with Crippen LogP contribution >= 0.6 is 23.2 Å². The first-order valence-corrected chi connectivity index (χ1v) is 13.2. The van der Waals surface area contributed by atoms with Crippen molar-refractivity contribution in [2.75, 3.05) is 29.9 Å². The first-order chi connectivity index (χ1) is 17.9. The summed E-state index contributed by atoms with van der Waals surface area (Å²) in [5.41, 5.74) is 4.42. The van der Waals surface area contributed by atoms with Gasteiger partial charge in [0.25, 0.3) is 5.91 Å². The second-order valence-corrected chi connectivity index (χ2v) is 10.5. The van der Waals surface area contributed by atoms with E-state index in [1.54, 1.807) is 6.07 Å². The molecule has 1 atom stereocenters. The van der Waals surface area contributed by atoms with Crippen LogP contribution in [-0.4, -0.2) is 47.6 Å². The minimum atomic E-state index is -1.13. The highest BCUT2D eigenvalue weighted by molar-refractivity contribution is 6.39. The Labute approximate surface area is 225 Å². The molecule has 5 rings (SSSR count). The topological polar surface area (TPSA) is 94.6 Å². The Kier molecular flexibility index (Phi) is 7.53. The van der Waals surface area contributed by atoms with Gasteiger partial charge in [0.15, 0.2) is 0 Å². The molecule has 192 valence electrons.